The Hall–Kier alpha value is -3.00. The van der Waals surface area contributed by atoms with E-state index in [9.17, 15) is 9.59 Å². The summed E-state index contributed by atoms with van der Waals surface area (Å²) in [6.07, 6.45) is 3.03. The van der Waals surface area contributed by atoms with Crippen LogP contribution in [0.1, 0.15) is 27.3 Å². The lowest BCUT2D eigenvalue weighted by Crippen LogP contribution is -2.48. The van der Waals surface area contributed by atoms with Gasteiger partial charge in [0, 0.05) is 11.8 Å². The maximum absolute atomic E-state index is 11.8. The highest BCUT2D eigenvalue weighted by Gasteiger charge is 2.09. The molecule has 2 aromatic rings. The summed E-state index contributed by atoms with van der Waals surface area (Å²) in [4.78, 5) is 23.5. The van der Waals surface area contributed by atoms with Gasteiger partial charge in [-0.2, -0.15) is 5.10 Å². The second kappa shape index (κ2) is 8.02. The van der Waals surface area contributed by atoms with Gasteiger partial charge in [0.1, 0.15) is 0 Å². The Balaban J connectivity index is 1.78. The Morgan fingerprint density at radius 1 is 1.17 bits per heavy atom. The highest BCUT2D eigenvalue weighted by Crippen LogP contribution is 2.04. The fourth-order valence-corrected chi connectivity index (χ4v) is 1.90. The minimum Gasteiger partial charge on any atom is -0.298 e. The van der Waals surface area contributed by atoms with Crippen LogP contribution in [0.3, 0.4) is 0 Å². The zero-order valence-corrected chi connectivity index (χ0v) is 14.0. The molecule has 0 atom stereocenters. The van der Waals surface area contributed by atoms with E-state index in [1.54, 1.807) is 19.1 Å². The van der Waals surface area contributed by atoms with Crippen molar-refractivity contribution in [3.05, 3.63) is 58.9 Å². The molecule has 2 rings (SSSR count). The van der Waals surface area contributed by atoms with Crippen molar-refractivity contribution in [1.82, 2.24) is 26.4 Å². The van der Waals surface area contributed by atoms with Crippen molar-refractivity contribution >= 4 is 35.2 Å². The van der Waals surface area contributed by atoms with Gasteiger partial charge in [-0.3, -0.25) is 30.9 Å². The molecule has 7 nitrogen and oxygen atoms in total. The van der Waals surface area contributed by atoms with Crippen LogP contribution in [0, 0.1) is 13.8 Å². The quantitative estimate of drug-likeness (QED) is 0.383. The van der Waals surface area contributed by atoms with Crippen molar-refractivity contribution in [3.63, 3.8) is 0 Å². The molecular formula is C16H17N5O2S. The number of aromatic nitrogens is 2. The van der Waals surface area contributed by atoms with Crippen LogP contribution < -0.4 is 16.2 Å². The maximum atomic E-state index is 11.8. The number of carbonyl (C=O) groups excluding carboxylic acids is 2. The summed E-state index contributed by atoms with van der Waals surface area (Å²) in [7, 11) is 0. The van der Waals surface area contributed by atoms with Gasteiger partial charge in [-0.1, -0.05) is 29.8 Å². The van der Waals surface area contributed by atoms with E-state index in [0.717, 1.165) is 16.8 Å². The number of hydrazine groups is 1. The molecular weight excluding hydrogens is 326 g/mol. The number of H-pyrrole nitrogens is 1. The SMILES string of the molecule is Cc1ccc(C=CC(=O)NC(=S)NNC(=O)c2cc(C)[nH]n2)cc1. The first-order valence-corrected chi connectivity index (χ1v) is 7.53. The summed E-state index contributed by atoms with van der Waals surface area (Å²) in [5.74, 6) is -0.871. The van der Waals surface area contributed by atoms with E-state index in [2.05, 4.69) is 26.4 Å². The molecule has 0 unspecified atom stereocenters. The van der Waals surface area contributed by atoms with Gasteiger partial charge in [-0.25, -0.2) is 0 Å². The number of aromatic amines is 1. The minimum atomic E-state index is -0.467. The second-order valence-corrected chi connectivity index (χ2v) is 5.49. The molecule has 124 valence electrons. The van der Waals surface area contributed by atoms with E-state index in [1.807, 2.05) is 31.2 Å². The summed E-state index contributed by atoms with van der Waals surface area (Å²) >= 11 is 4.93. The van der Waals surface area contributed by atoms with Crippen LogP contribution in [0.5, 0.6) is 0 Å². The molecule has 0 radical (unpaired) electrons. The normalized spacial score (nSPS) is 10.4. The first-order valence-electron chi connectivity index (χ1n) is 7.12. The fourth-order valence-electron chi connectivity index (χ4n) is 1.75. The van der Waals surface area contributed by atoms with Crippen LogP contribution in [0.2, 0.25) is 0 Å². The molecule has 0 saturated carbocycles. The zero-order chi connectivity index (χ0) is 17.5. The average Bonchev–Trinajstić information content (AvgIpc) is 2.98. The van der Waals surface area contributed by atoms with Crippen molar-refractivity contribution in [2.45, 2.75) is 13.8 Å². The van der Waals surface area contributed by atoms with E-state index < -0.39 is 11.8 Å². The molecule has 0 saturated heterocycles. The van der Waals surface area contributed by atoms with Gasteiger partial charge in [-0.05, 0) is 43.8 Å². The van der Waals surface area contributed by atoms with Crippen molar-refractivity contribution in [2.24, 2.45) is 0 Å². The van der Waals surface area contributed by atoms with Crippen LogP contribution in [0.4, 0.5) is 0 Å². The number of hydrogen-bond donors (Lipinski definition) is 4. The van der Waals surface area contributed by atoms with Crippen molar-refractivity contribution in [1.29, 1.82) is 0 Å². The third-order valence-electron chi connectivity index (χ3n) is 2.97. The Kier molecular flexibility index (Phi) is 5.80. The number of nitrogens with one attached hydrogen (secondary N) is 4. The number of amides is 2. The molecule has 1 aromatic carbocycles. The topological polar surface area (TPSA) is 98.9 Å². The number of thiocarbonyl (C=S) groups is 1. The molecule has 4 N–H and O–H groups in total. The first-order chi connectivity index (χ1) is 11.4. The maximum Gasteiger partial charge on any atom is 0.290 e. The molecule has 0 fully saturated rings. The number of aryl methyl sites for hydroxylation is 2. The third-order valence-corrected chi connectivity index (χ3v) is 3.17. The van der Waals surface area contributed by atoms with Crippen LogP contribution in [0.15, 0.2) is 36.4 Å². The van der Waals surface area contributed by atoms with Gasteiger partial charge in [0.05, 0.1) is 0 Å². The van der Waals surface area contributed by atoms with Gasteiger partial charge in [0.15, 0.2) is 10.8 Å². The largest absolute Gasteiger partial charge is 0.298 e. The van der Waals surface area contributed by atoms with Crippen molar-refractivity contribution < 1.29 is 9.59 Å². The van der Waals surface area contributed by atoms with Crippen molar-refractivity contribution in [3.8, 4) is 0 Å². The molecule has 24 heavy (non-hydrogen) atoms. The lowest BCUT2D eigenvalue weighted by Gasteiger charge is -2.08. The Bertz CT molecular complexity index is 780. The second-order valence-electron chi connectivity index (χ2n) is 5.08. The fraction of sp³-hybridized carbons (Fsp3) is 0.125. The highest BCUT2D eigenvalue weighted by atomic mass is 32.1. The lowest BCUT2D eigenvalue weighted by atomic mass is 10.1. The smallest absolute Gasteiger partial charge is 0.290 e. The van der Waals surface area contributed by atoms with E-state index in [4.69, 9.17) is 12.2 Å². The number of rotatable bonds is 3. The number of carbonyl (C=O) groups is 2. The summed E-state index contributed by atoms with van der Waals surface area (Å²) < 4.78 is 0. The molecule has 1 heterocycles. The molecule has 8 heteroatoms. The molecule has 0 bridgehead atoms. The Labute approximate surface area is 144 Å². The molecule has 1 aromatic heterocycles. The summed E-state index contributed by atoms with van der Waals surface area (Å²) in [5, 5.41) is 8.87. The third kappa shape index (κ3) is 5.33. The summed E-state index contributed by atoms with van der Waals surface area (Å²) in [6, 6.07) is 9.30. The van der Waals surface area contributed by atoms with E-state index in [-0.39, 0.29) is 10.8 Å². The monoisotopic (exact) mass is 343 g/mol. The Morgan fingerprint density at radius 2 is 1.88 bits per heavy atom. The van der Waals surface area contributed by atoms with Crippen LogP contribution >= 0.6 is 12.2 Å². The number of hydrogen-bond acceptors (Lipinski definition) is 4. The highest BCUT2D eigenvalue weighted by molar-refractivity contribution is 7.80. The van der Waals surface area contributed by atoms with Crippen LogP contribution in [-0.4, -0.2) is 27.1 Å². The van der Waals surface area contributed by atoms with Gasteiger partial charge < -0.3 is 0 Å². The molecule has 0 spiro atoms. The van der Waals surface area contributed by atoms with Gasteiger partial charge in [-0.15, -0.1) is 0 Å². The van der Waals surface area contributed by atoms with E-state index >= 15 is 0 Å². The zero-order valence-electron chi connectivity index (χ0n) is 13.2. The van der Waals surface area contributed by atoms with Gasteiger partial charge in [0.25, 0.3) is 5.91 Å². The first kappa shape index (κ1) is 17.4. The summed E-state index contributed by atoms with van der Waals surface area (Å²) in [5.41, 5.74) is 7.81. The van der Waals surface area contributed by atoms with Crippen LogP contribution in [0.25, 0.3) is 6.08 Å². The standard InChI is InChI=1S/C16H17N5O2S/c1-10-3-5-12(6-4-10)7-8-14(22)17-16(24)21-20-15(23)13-9-11(2)18-19-13/h3-9H,1-2H3,(H,18,19)(H,20,23)(H2,17,21,22,24). The minimum absolute atomic E-state index is 0.0193. The molecule has 0 aliphatic heterocycles. The number of benzene rings is 1. The Morgan fingerprint density at radius 3 is 2.50 bits per heavy atom. The van der Waals surface area contributed by atoms with Crippen LogP contribution in [-0.2, 0) is 4.79 Å². The number of nitrogens with zero attached hydrogens (tertiary/aromatic N) is 1. The average molecular weight is 343 g/mol. The van der Waals surface area contributed by atoms with Crippen molar-refractivity contribution in [2.75, 3.05) is 0 Å². The lowest BCUT2D eigenvalue weighted by molar-refractivity contribution is -0.115. The predicted octanol–water partition coefficient (Wildman–Crippen LogP) is 1.38. The summed E-state index contributed by atoms with van der Waals surface area (Å²) in [6.45, 7) is 3.77. The molecule has 0 aliphatic carbocycles. The molecule has 2 amide bonds. The molecule has 0 aliphatic rings. The predicted molar refractivity (Wildman–Crippen MR) is 94.9 cm³/mol. The van der Waals surface area contributed by atoms with Gasteiger partial charge in [0.2, 0.25) is 5.91 Å². The van der Waals surface area contributed by atoms with E-state index in [1.165, 1.54) is 6.08 Å². The van der Waals surface area contributed by atoms with Gasteiger partial charge >= 0.3 is 0 Å². The van der Waals surface area contributed by atoms with E-state index in [0.29, 0.717) is 0 Å².